The molecule has 7 heteroatoms. The monoisotopic (exact) mass is 376 g/mol. The maximum atomic E-state index is 12.7. The SMILES string of the molecule is CN(C(=O)Cn1cc(-c2ccccc2)nn1)C1CCN(c2ccncc2)CC1. The van der Waals surface area contributed by atoms with Gasteiger partial charge in [0.1, 0.15) is 12.2 Å². The van der Waals surface area contributed by atoms with Gasteiger partial charge in [0.2, 0.25) is 5.91 Å². The summed E-state index contributed by atoms with van der Waals surface area (Å²) in [7, 11) is 1.89. The molecule has 144 valence electrons. The van der Waals surface area contributed by atoms with E-state index in [9.17, 15) is 4.79 Å². The number of hydrogen-bond acceptors (Lipinski definition) is 5. The predicted molar refractivity (Wildman–Crippen MR) is 108 cm³/mol. The summed E-state index contributed by atoms with van der Waals surface area (Å²) in [5.41, 5.74) is 2.97. The summed E-state index contributed by atoms with van der Waals surface area (Å²) in [4.78, 5) is 21.0. The molecule has 0 aliphatic carbocycles. The Kier molecular flexibility index (Phi) is 5.32. The molecule has 0 spiro atoms. The average Bonchev–Trinajstić information content (AvgIpc) is 3.23. The molecule has 0 radical (unpaired) electrons. The summed E-state index contributed by atoms with van der Waals surface area (Å²) in [6, 6.07) is 14.2. The van der Waals surface area contributed by atoms with Crippen molar-refractivity contribution >= 4 is 11.6 Å². The van der Waals surface area contributed by atoms with E-state index in [4.69, 9.17) is 0 Å². The lowest BCUT2D eigenvalue weighted by atomic mass is 10.0. The first-order valence-electron chi connectivity index (χ1n) is 9.57. The highest BCUT2D eigenvalue weighted by atomic mass is 16.2. The summed E-state index contributed by atoms with van der Waals surface area (Å²) < 4.78 is 1.62. The fraction of sp³-hybridized carbons (Fsp3) is 0.333. The molecule has 7 nitrogen and oxygen atoms in total. The molecule has 0 unspecified atom stereocenters. The van der Waals surface area contributed by atoms with Gasteiger partial charge in [0.05, 0.1) is 6.20 Å². The van der Waals surface area contributed by atoms with E-state index in [2.05, 4.69) is 20.2 Å². The number of rotatable bonds is 5. The maximum absolute atomic E-state index is 12.7. The molecule has 0 N–H and O–H groups in total. The van der Waals surface area contributed by atoms with Gasteiger partial charge in [-0.25, -0.2) is 4.68 Å². The van der Waals surface area contributed by atoms with Gasteiger partial charge in [-0.05, 0) is 25.0 Å². The quantitative estimate of drug-likeness (QED) is 0.684. The number of piperidine rings is 1. The molecule has 1 fully saturated rings. The van der Waals surface area contributed by atoms with Gasteiger partial charge in [0, 0.05) is 49.8 Å². The Balaban J connectivity index is 1.32. The van der Waals surface area contributed by atoms with E-state index in [0.29, 0.717) is 0 Å². The van der Waals surface area contributed by atoms with Crippen LogP contribution in [-0.4, -0.2) is 57.0 Å². The second-order valence-electron chi connectivity index (χ2n) is 7.10. The van der Waals surface area contributed by atoms with Crippen molar-refractivity contribution in [3.05, 3.63) is 61.1 Å². The van der Waals surface area contributed by atoms with Crippen molar-refractivity contribution in [2.24, 2.45) is 0 Å². The van der Waals surface area contributed by atoms with Crippen molar-refractivity contribution in [2.45, 2.75) is 25.4 Å². The fourth-order valence-corrected chi connectivity index (χ4v) is 3.64. The van der Waals surface area contributed by atoms with Crippen LogP contribution in [0.1, 0.15) is 12.8 Å². The largest absolute Gasteiger partial charge is 0.371 e. The van der Waals surface area contributed by atoms with Crippen LogP contribution in [0.5, 0.6) is 0 Å². The Morgan fingerprint density at radius 2 is 1.82 bits per heavy atom. The molecular formula is C21H24N6O. The van der Waals surface area contributed by atoms with Crippen LogP contribution in [0.3, 0.4) is 0 Å². The number of carbonyl (C=O) groups excluding carboxylic acids is 1. The standard InChI is InChI=1S/C21H24N6O/c1-25(18-9-13-26(14-10-18)19-7-11-22-12-8-19)21(28)16-27-15-20(23-24-27)17-5-3-2-4-6-17/h2-8,11-12,15,18H,9-10,13-14,16H2,1H3. The van der Waals surface area contributed by atoms with Crippen molar-refractivity contribution in [2.75, 3.05) is 25.0 Å². The van der Waals surface area contributed by atoms with Gasteiger partial charge >= 0.3 is 0 Å². The molecule has 2 aromatic heterocycles. The second kappa shape index (κ2) is 8.21. The zero-order chi connectivity index (χ0) is 19.3. The number of pyridine rings is 1. The average molecular weight is 376 g/mol. The highest BCUT2D eigenvalue weighted by Crippen LogP contribution is 2.22. The number of hydrogen-bond donors (Lipinski definition) is 0. The number of nitrogens with zero attached hydrogens (tertiary/aromatic N) is 6. The molecule has 1 saturated heterocycles. The Bertz CT molecular complexity index is 903. The molecule has 1 aliphatic heterocycles. The van der Waals surface area contributed by atoms with Gasteiger partial charge in [-0.1, -0.05) is 35.5 Å². The maximum Gasteiger partial charge on any atom is 0.244 e. The number of aromatic nitrogens is 4. The molecule has 28 heavy (non-hydrogen) atoms. The third kappa shape index (κ3) is 4.03. The number of likely N-dealkylation sites (N-methyl/N-ethyl adjacent to an activating group) is 1. The zero-order valence-electron chi connectivity index (χ0n) is 16.0. The minimum atomic E-state index is 0.0619. The summed E-state index contributed by atoms with van der Waals surface area (Å²) in [6.45, 7) is 2.09. The van der Waals surface area contributed by atoms with Crippen LogP contribution in [0.25, 0.3) is 11.3 Å². The van der Waals surface area contributed by atoms with Crippen molar-refractivity contribution < 1.29 is 4.79 Å². The Labute approximate surface area is 164 Å². The van der Waals surface area contributed by atoms with Gasteiger partial charge in [0.25, 0.3) is 0 Å². The van der Waals surface area contributed by atoms with Crippen LogP contribution in [0.15, 0.2) is 61.1 Å². The van der Waals surface area contributed by atoms with Crippen LogP contribution < -0.4 is 4.90 Å². The van der Waals surface area contributed by atoms with Crippen molar-refractivity contribution in [1.29, 1.82) is 0 Å². The van der Waals surface area contributed by atoms with E-state index in [-0.39, 0.29) is 18.5 Å². The smallest absolute Gasteiger partial charge is 0.244 e. The third-order valence-electron chi connectivity index (χ3n) is 5.34. The van der Waals surface area contributed by atoms with Gasteiger partial charge in [0.15, 0.2) is 0 Å². The van der Waals surface area contributed by atoms with Crippen LogP contribution in [0.4, 0.5) is 5.69 Å². The third-order valence-corrected chi connectivity index (χ3v) is 5.34. The molecule has 3 heterocycles. The summed E-state index contributed by atoms with van der Waals surface area (Å²) in [6.07, 6.45) is 7.37. The van der Waals surface area contributed by atoms with Gasteiger partial charge in [-0.15, -0.1) is 5.10 Å². The second-order valence-corrected chi connectivity index (χ2v) is 7.10. The van der Waals surface area contributed by atoms with Gasteiger partial charge in [-0.3, -0.25) is 9.78 Å². The summed E-state index contributed by atoms with van der Waals surface area (Å²) in [5, 5.41) is 8.30. The molecule has 4 rings (SSSR count). The zero-order valence-corrected chi connectivity index (χ0v) is 16.0. The lowest BCUT2D eigenvalue weighted by Crippen LogP contribution is -2.46. The minimum Gasteiger partial charge on any atom is -0.371 e. The van der Waals surface area contributed by atoms with E-state index < -0.39 is 0 Å². The molecule has 3 aromatic rings. The summed E-state index contributed by atoms with van der Waals surface area (Å²) >= 11 is 0. The minimum absolute atomic E-state index is 0.0619. The lowest BCUT2D eigenvalue weighted by Gasteiger charge is -2.37. The molecule has 1 aliphatic rings. The Morgan fingerprint density at radius 3 is 2.54 bits per heavy atom. The highest BCUT2D eigenvalue weighted by molar-refractivity contribution is 5.76. The first-order chi connectivity index (χ1) is 13.7. The van der Waals surface area contributed by atoms with E-state index in [1.807, 2.05) is 73.0 Å². The van der Waals surface area contributed by atoms with Gasteiger partial charge < -0.3 is 9.80 Å². The van der Waals surface area contributed by atoms with Crippen molar-refractivity contribution in [3.8, 4) is 11.3 Å². The fourth-order valence-electron chi connectivity index (χ4n) is 3.64. The van der Waals surface area contributed by atoms with E-state index in [1.54, 1.807) is 4.68 Å². The number of amides is 1. The first kappa shape index (κ1) is 18.2. The topological polar surface area (TPSA) is 67.2 Å². The predicted octanol–water partition coefficient (Wildman–Crippen LogP) is 2.47. The number of anilines is 1. The molecule has 0 atom stereocenters. The van der Waals surface area contributed by atoms with E-state index in [1.165, 1.54) is 5.69 Å². The Morgan fingerprint density at radius 1 is 1.11 bits per heavy atom. The lowest BCUT2D eigenvalue weighted by molar-refractivity contribution is -0.133. The molecular weight excluding hydrogens is 352 g/mol. The number of benzene rings is 1. The molecule has 0 saturated carbocycles. The van der Waals surface area contributed by atoms with Crippen LogP contribution in [0, 0.1) is 0 Å². The molecule has 1 amide bonds. The normalized spacial score (nSPS) is 14.8. The molecule has 0 bridgehead atoms. The Hall–Kier alpha value is -3.22. The first-order valence-corrected chi connectivity index (χ1v) is 9.57. The number of carbonyl (C=O) groups is 1. The summed E-state index contributed by atoms with van der Waals surface area (Å²) in [5.74, 6) is 0.0619. The van der Waals surface area contributed by atoms with Gasteiger partial charge in [-0.2, -0.15) is 0 Å². The van der Waals surface area contributed by atoms with E-state index >= 15 is 0 Å². The van der Waals surface area contributed by atoms with Crippen LogP contribution in [-0.2, 0) is 11.3 Å². The van der Waals surface area contributed by atoms with E-state index in [0.717, 1.165) is 37.2 Å². The van der Waals surface area contributed by atoms with Crippen molar-refractivity contribution in [3.63, 3.8) is 0 Å². The highest BCUT2D eigenvalue weighted by Gasteiger charge is 2.25. The van der Waals surface area contributed by atoms with Crippen molar-refractivity contribution in [1.82, 2.24) is 24.9 Å². The molecule has 1 aromatic carbocycles. The van der Waals surface area contributed by atoms with Crippen LogP contribution >= 0.6 is 0 Å². The van der Waals surface area contributed by atoms with Crippen LogP contribution in [0.2, 0.25) is 0 Å².